The summed E-state index contributed by atoms with van der Waals surface area (Å²) in [4.78, 5) is 34.4. The van der Waals surface area contributed by atoms with Gasteiger partial charge in [0.15, 0.2) is 0 Å². The normalized spacial score (nSPS) is 19.3. The number of urea groups is 1. The first-order chi connectivity index (χ1) is 12.9. The second kappa shape index (κ2) is 5.95. The summed E-state index contributed by atoms with van der Waals surface area (Å²) in [5.41, 5.74) is 1.57. The minimum Gasteiger partial charge on any atom is -0.355 e. The van der Waals surface area contributed by atoms with Crippen molar-refractivity contribution < 1.29 is 9.59 Å². The van der Waals surface area contributed by atoms with Crippen LogP contribution in [0.2, 0.25) is 0 Å². The van der Waals surface area contributed by atoms with E-state index in [4.69, 9.17) is 4.98 Å². The fourth-order valence-electron chi connectivity index (χ4n) is 4.31. The molecule has 1 spiro atoms. The number of piperidine rings is 1. The van der Waals surface area contributed by atoms with Gasteiger partial charge in [0.1, 0.15) is 17.4 Å². The Morgan fingerprint density at radius 2 is 1.81 bits per heavy atom. The number of aryl methyl sites for hydroxylation is 1. The fourth-order valence-corrected chi connectivity index (χ4v) is 4.31. The number of para-hydroxylation sites is 1. The van der Waals surface area contributed by atoms with Crippen molar-refractivity contribution in [3.05, 3.63) is 35.4 Å². The molecule has 0 atom stereocenters. The zero-order valence-corrected chi connectivity index (χ0v) is 15.7. The average molecular weight is 363 g/mol. The lowest BCUT2D eigenvalue weighted by Gasteiger charge is -2.41. The lowest BCUT2D eigenvalue weighted by atomic mass is 9.86. The van der Waals surface area contributed by atoms with Gasteiger partial charge in [-0.15, -0.1) is 0 Å². The Bertz CT molecular complexity index is 1000. The number of hydrogen-bond donors (Lipinski definition) is 0. The highest BCUT2D eigenvalue weighted by molar-refractivity contribution is 6.06. The molecule has 2 fully saturated rings. The number of fused-ring (bicyclic) bond motifs is 1. The topological polar surface area (TPSA) is 80.5 Å². The van der Waals surface area contributed by atoms with Crippen molar-refractivity contribution in [3.63, 3.8) is 0 Å². The van der Waals surface area contributed by atoms with Crippen LogP contribution < -0.4 is 4.90 Å². The lowest BCUT2D eigenvalue weighted by molar-refractivity contribution is -0.133. The molecule has 0 radical (unpaired) electrons. The van der Waals surface area contributed by atoms with Crippen LogP contribution in [0.1, 0.15) is 24.0 Å². The minimum absolute atomic E-state index is 0.141. The van der Waals surface area contributed by atoms with E-state index in [2.05, 4.69) is 11.0 Å². The van der Waals surface area contributed by atoms with Crippen LogP contribution in [0.25, 0.3) is 10.9 Å². The maximum absolute atomic E-state index is 12.7. The maximum Gasteiger partial charge on any atom is 0.327 e. The highest BCUT2D eigenvalue weighted by Crippen LogP contribution is 2.38. The van der Waals surface area contributed by atoms with Crippen LogP contribution in [0, 0.1) is 18.3 Å². The van der Waals surface area contributed by atoms with Crippen molar-refractivity contribution in [3.8, 4) is 6.07 Å². The molecule has 1 aromatic carbocycles. The quantitative estimate of drug-likeness (QED) is 0.726. The largest absolute Gasteiger partial charge is 0.355 e. The van der Waals surface area contributed by atoms with Gasteiger partial charge in [0.05, 0.1) is 11.1 Å². The van der Waals surface area contributed by atoms with E-state index >= 15 is 0 Å². The first kappa shape index (κ1) is 17.3. The molecule has 7 nitrogen and oxygen atoms in total. The molecule has 27 heavy (non-hydrogen) atoms. The molecule has 0 N–H and O–H groups in total. The molecule has 138 valence electrons. The summed E-state index contributed by atoms with van der Waals surface area (Å²) in [6, 6.07) is 9.84. The molecule has 0 bridgehead atoms. The number of carbonyl (C=O) groups is 2. The van der Waals surface area contributed by atoms with E-state index in [-0.39, 0.29) is 11.9 Å². The fraction of sp³-hybridized carbons (Fsp3) is 0.400. The first-order valence-electron chi connectivity index (χ1n) is 9.01. The standard InChI is InChI=1S/C20H21N5O2/c1-13-14-6-4-5-7-16(14)22-17(15(13)12-21)25-10-8-20(9-11-25)18(26)23(2)19(27)24(20)3/h4-7H,8-11H2,1-3H3. The Morgan fingerprint density at radius 3 is 2.41 bits per heavy atom. The van der Waals surface area contributed by atoms with Gasteiger partial charge in [-0.05, 0) is 31.4 Å². The molecule has 0 saturated carbocycles. The van der Waals surface area contributed by atoms with Gasteiger partial charge in [-0.2, -0.15) is 5.26 Å². The number of pyridine rings is 1. The van der Waals surface area contributed by atoms with E-state index in [1.54, 1.807) is 11.9 Å². The molecule has 1 aromatic heterocycles. The van der Waals surface area contributed by atoms with Gasteiger partial charge in [0, 0.05) is 32.6 Å². The SMILES string of the molecule is Cc1c(C#N)c(N2CCC3(CC2)C(=O)N(C)C(=O)N3C)nc2ccccc12. The highest BCUT2D eigenvalue weighted by Gasteiger charge is 2.55. The van der Waals surface area contributed by atoms with Crippen molar-refractivity contribution in [1.82, 2.24) is 14.8 Å². The number of carbonyl (C=O) groups excluding carboxylic acids is 2. The van der Waals surface area contributed by atoms with E-state index in [0.29, 0.717) is 37.3 Å². The third-order valence-electron chi connectivity index (χ3n) is 6.05. The van der Waals surface area contributed by atoms with Gasteiger partial charge < -0.3 is 9.80 Å². The smallest absolute Gasteiger partial charge is 0.327 e. The van der Waals surface area contributed by atoms with Crippen LogP contribution >= 0.6 is 0 Å². The van der Waals surface area contributed by atoms with Crippen molar-refractivity contribution >= 4 is 28.7 Å². The summed E-state index contributed by atoms with van der Waals surface area (Å²) >= 11 is 0. The molecule has 3 heterocycles. The van der Waals surface area contributed by atoms with Crippen molar-refractivity contribution in [2.24, 2.45) is 0 Å². The Kier molecular flexibility index (Phi) is 3.81. The zero-order chi connectivity index (χ0) is 19.3. The Hall–Kier alpha value is -3.14. The molecule has 4 rings (SSSR count). The second-order valence-electron chi connectivity index (χ2n) is 7.29. The van der Waals surface area contributed by atoms with Gasteiger partial charge in [-0.25, -0.2) is 9.78 Å². The third kappa shape index (κ3) is 2.29. The predicted octanol–water partition coefficient (Wildman–Crippen LogP) is 2.28. The number of amides is 3. The van der Waals surface area contributed by atoms with Crippen LogP contribution in [0.3, 0.4) is 0 Å². The van der Waals surface area contributed by atoms with Crippen LogP contribution in [0.4, 0.5) is 10.6 Å². The number of likely N-dealkylation sites (N-methyl/N-ethyl adjacent to an activating group) is 2. The van der Waals surface area contributed by atoms with Crippen LogP contribution in [0.15, 0.2) is 24.3 Å². The van der Waals surface area contributed by atoms with Crippen molar-refractivity contribution in [2.75, 3.05) is 32.1 Å². The van der Waals surface area contributed by atoms with Crippen molar-refractivity contribution in [2.45, 2.75) is 25.3 Å². The second-order valence-corrected chi connectivity index (χ2v) is 7.29. The van der Waals surface area contributed by atoms with Gasteiger partial charge in [-0.3, -0.25) is 9.69 Å². The number of rotatable bonds is 1. The molecule has 3 amide bonds. The number of nitrogens with zero attached hydrogens (tertiary/aromatic N) is 5. The number of hydrogen-bond acceptors (Lipinski definition) is 5. The summed E-state index contributed by atoms with van der Waals surface area (Å²) in [5, 5.41) is 10.7. The molecular weight excluding hydrogens is 342 g/mol. The number of nitriles is 1. The summed E-state index contributed by atoms with van der Waals surface area (Å²) < 4.78 is 0. The Balaban J connectivity index is 1.69. The van der Waals surface area contributed by atoms with Crippen molar-refractivity contribution in [1.29, 1.82) is 5.26 Å². The molecule has 0 aliphatic carbocycles. The van der Waals surface area contributed by atoms with Crippen LogP contribution in [0.5, 0.6) is 0 Å². The van der Waals surface area contributed by atoms with Gasteiger partial charge >= 0.3 is 6.03 Å². The minimum atomic E-state index is -0.777. The van der Waals surface area contributed by atoms with E-state index in [1.807, 2.05) is 31.2 Å². The molecule has 2 saturated heterocycles. The molecule has 7 heteroatoms. The summed E-state index contributed by atoms with van der Waals surface area (Å²) in [6.07, 6.45) is 1.05. The average Bonchev–Trinajstić information content (AvgIpc) is 2.85. The monoisotopic (exact) mass is 363 g/mol. The molecular formula is C20H21N5O2. The lowest BCUT2D eigenvalue weighted by Crippen LogP contribution is -2.55. The van der Waals surface area contributed by atoms with Crippen LogP contribution in [-0.4, -0.2) is 59.4 Å². The molecule has 2 aliphatic rings. The van der Waals surface area contributed by atoms with E-state index in [1.165, 1.54) is 11.9 Å². The first-order valence-corrected chi connectivity index (χ1v) is 9.01. The third-order valence-corrected chi connectivity index (χ3v) is 6.05. The molecule has 2 aromatic rings. The van der Waals surface area contributed by atoms with Gasteiger partial charge in [0.2, 0.25) is 0 Å². The summed E-state index contributed by atoms with van der Waals surface area (Å²) in [7, 11) is 3.23. The summed E-state index contributed by atoms with van der Waals surface area (Å²) in [6.45, 7) is 3.08. The van der Waals surface area contributed by atoms with E-state index < -0.39 is 5.54 Å². The van der Waals surface area contributed by atoms with Crippen LogP contribution in [-0.2, 0) is 4.79 Å². The van der Waals surface area contributed by atoms with E-state index in [9.17, 15) is 14.9 Å². The Labute approximate surface area is 157 Å². The van der Waals surface area contributed by atoms with Gasteiger partial charge in [-0.1, -0.05) is 18.2 Å². The number of anilines is 1. The zero-order valence-electron chi connectivity index (χ0n) is 15.7. The van der Waals surface area contributed by atoms with E-state index in [0.717, 1.165) is 16.5 Å². The number of imide groups is 1. The van der Waals surface area contributed by atoms with Gasteiger partial charge in [0.25, 0.3) is 5.91 Å². The number of aromatic nitrogens is 1. The number of benzene rings is 1. The highest BCUT2D eigenvalue weighted by atomic mass is 16.2. The molecule has 0 unspecified atom stereocenters. The predicted molar refractivity (Wildman–Crippen MR) is 101 cm³/mol. The maximum atomic E-state index is 12.7. The molecule has 2 aliphatic heterocycles. The Morgan fingerprint density at radius 1 is 1.15 bits per heavy atom. The summed E-state index contributed by atoms with van der Waals surface area (Å²) in [5.74, 6) is 0.522.